The summed E-state index contributed by atoms with van der Waals surface area (Å²) in [6.45, 7) is 27.1. The molecule has 0 spiro atoms. The molecule has 298 valence electrons. The van der Waals surface area contributed by atoms with Crippen molar-refractivity contribution >= 4 is 43.9 Å². The van der Waals surface area contributed by atoms with Gasteiger partial charge in [0.1, 0.15) is 22.3 Å². The molecule has 0 bridgehead atoms. The van der Waals surface area contributed by atoms with Gasteiger partial charge in [-0.1, -0.05) is 119 Å². The lowest BCUT2D eigenvalue weighted by atomic mass is 9.83. The van der Waals surface area contributed by atoms with E-state index in [9.17, 15) is 0 Å². The summed E-state index contributed by atoms with van der Waals surface area (Å²) in [5.41, 5.74) is 14.3. The van der Waals surface area contributed by atoms with E-state index in [4.69, 9.17) is 13.3 Å². The van der Waals surface area contributed by atoms with Crippen LogP contribution in [0, 0.1) is 0 Å². The van der Waals surface area contributed by atoms with Crippen molar-refractivity contribution in [3.05, 3.63) is 131 Å². The quantitative estimate of drug-likeness (QED) is 0.178. The van der Waals surface area contributed by atoms with Crippen LogP contribution >= 0.6 is 0 Å². The summed E-state index contributed by atoms with van der Waals surface area (Å²) in [6.07, 6.45) is 0. The molecule has 0 aliphatic heterocycles. The highest BCUT2D eigenvalue weighted by Gasteiger charge is 2.25. The van der Waals surface area contributed by atoms with Gasteiger partial charge in [0.25, 0.3) is 0 Å². The molecule has 0 fully saturated rings. The molecule has 6 aromatic carbocycles. The van der Waals surface area contributed by atoms with E-state index in [1.165, 1.54) is 22.3 Å². The summed E-state index contributed by atoms with van der Waals surface area (Å²) in [7, 11) is 0. The second kappa shape index (κ2) is 13.3. The molecule has 0 radical (unpaired) electrons. The Hall–Kier alpha value is -5.94. The second-order valence-electron chi connectivity index (χ2n) is 20.5. The Morgan fingerprint density at radius 3 is 1.07 bits per heavy atom. The Kier molecular flexibility index (Phi) is 8.69. The molecule has 9 rings (SSSR count). The topological polar surface area (TPSA) is 65.2 Å². The van der Waals surface area contributed by atoms with Crippen molar-refractivity contribution in [2.24, 2.45) is 0 Å². The Labute approximate surface area is 347 Å². The number of aromatic nitrogens is 2. The summed E-state index contributed by atoms with van der Waals surface area (Å²) in [4.78, 5) is 0. The molecule has 3 aromatic heterocycles. The highest BCUT2D eigenvalue weighted by molar-refractivity contribution is 6.11. The Morgan fingerprint density at radius 2 is 0.695 bits per heavy atom. The zero-order valence-electron chi connectivity index (χ0n) is 36.5. The minimum atomic E-state index is -0.0677. The maximum Gasteiger partial charge on any atom is 0.248 e. The lowest BCUT2D eigenvalue weighted by Crippen LogP contribution is -2.11. The third-order valence-corrected chi connectivity index (χ3v) is 11.9. The Bertz CT molecular complexity index is 2880. The molecule has 5 nitrogen and oxygen atoms in total. The fourth-order valence-corrected chi connectivity index (χ4v) is 8.08. The number of nitrogens with zero attached hydrogens (tertiary/aromatic N) is 2. The summed E-state index contributed by atoms with van der Waals surface area (Å²) >= 11 is 0. The van der Waals surface area contributed by atoms with Gasteiger partial charge in [0, 0.05) is 43.8 Å². The number of benzene rings is 6. The van der Waals surface area contributed by atoms with Gasteiger partial charge in [0.05, 0.1) is 0 Å². The van der Waals surface area contributed by atoms with Crippen LogP contribution < -0.4 is 0 Å². The van der Waals surface area contributed by atoms with Gasteiger partial charge < -0.3 is 13.3 Å². The molecule has 0 N–H and O–H groups in total. The zero-order chi connectivity index (χ0) is 41.8. The first kappa shape index (κ1) is 38.6. The highest BCUT2D eigenvalue weighted by atomic mass is 16.4. The van der Waals surface area contributed by atoms with Gasteiger partial charge in [0.2, 0.25) is 11.8 Å². The molecule has 5 heteroatoms. The fraction of sp³-hybridized carbons (Fsp3) is 0.296. The minimum Gasteiger partial charge on any atom is -0.455 e. The first-order valence-electron chi connectivity index (χ1n) is 20.8. The van der Waals surface area contributed by atoms with Crippen LogP contribution in [-0.2, 0) is 21.7 Å². The number of rotatable bonds is 4. The number of hydrogen-bond donors (Lipinski definition) is 0. The van der Waals surface area contributed by atoms with E-state index in [1.54, 1.807) is 0 Å². The predicted molar refractivity (Wildman–Crippen MR) is 245 cm³/mol. The number of hydrogen-bond acceptors (Lipinski definition) is 5. The third kappa shape index (κ3) is 6.94. The van der Waals surface area contributed by atoms with Gasteiger partial charge in [-0.25, -0.2) is 0 Å². The maximum absolute atomic E-state index is 6.66. The molecule has 0 unspecified atom stereocenters. The third-order valence-electron chi connectivity index (χ3n) is 11.9. The highest BCUT2D eigenvalue weighted by Crippen LogP contribution is 2.44. The van der Waals surface area contributed by atoms with Crippen LogP contribution in [0.3, 0.4) is 0 Å². The molecule has 59 heavy (non-hydrogen) atoms. The largest absolute Gasteiger partial charge is 0.455 e. The fourth-order valence-electron chi connectivity index (χ4n) is 8.08. The second-order valence-corrected chi connectivity index (χ2v) is 20.5. The zero-order valence-corrected chi connectivity index (χ0v) is 36.5. The molecular weight excluding hydrogens is 725 g/mol. The van der Waals surface area contributed by atoms with E-state index < -0.39 is 0 Å². The van der Waals surface area contributed by atoms with Crippen LogP contribution in [0.5, 0.6) is 0 Å². The first-order chi connectivity index (χ1) is 27.7. The van der Waals surface area contributed by atoms with Gasteiger partial charge in [0.15, 0.2) is 0 Å². The lowest BCUT2D eigenvalue weighted by Gasteiger charge is -2.21. The number of fused-ring (bicyclic) bond motifs is 6. The van der Waals surface area contributed by atoms with E-state index >= 15 is 0 Å². The van der Waals surface area contributed by atoms with Crippen molar-refractivity contribution in [3.8, 4) is 45.2 Å². The van der Waals surface area contributed by atoms with Gasteiger partial charge in [-0.2, -0.15) is 0 Å². The van der Waals surface area contributed by atoms with Crippen molar-refractivity contribution in [2.45, 2.75) is 105 Å². The van der Waals surface area contributed by atoms with Crippen molar-refractivity contribution in [1.82, 2.24) is 10.2 Å². The molecule has 0 amide bonds. The standard InChI is InChI=1S/C54H54N2O3/c1-51(2,3)35-19-21-45-41(25-35)43-29-37(53(7,8)9)27-39(47(43)57-45)31-15-13-17-33(23-31)49-55-56-50(59-49)34-18-14-16-32(24-34)40-28-38(54(10,11)12)30-44-42-26-36(52(4,5)6)20-22-46(42)58-48(40)44/h13-30H,1-12H3. The molecular formula is C54H54N2O3. The molecule has 0 saturated carbocycles. The average Bonchev–Trinajstić information content (AvgIpc) is 3.91. The van der Waals surface area contributed by atoms with E-state index in [2.05, 4.69) is 190 Å². The van der Waals surface area contributed by atoms with Crippen molar-refractivity contribution < 1.29 is 13.3 Å². The van der Waals surface area contributed by atoms with Crippen LogP contribution in [0.2, 0.25) is 0 Å². The smallest absolute Gasteiger partial charge is 0.248 e. The van der Waals surface area contributed by atoms with Gasteiger partial charge in [-0.15, -0.1) is 10.2 Å². The summed E-state index contributed by atoms with van der Waals surface area (Å²) in [6, 6.07) is 39.0. The van der Waals surface area contributed by atoms with Gasteiger partial charge in [-0.3, -0.25) is 0 Å². The Morgan fingerprint density at radius 1 is 0.339 bits per heavy atom. The van der Waals surface area contributed by atoms with Crippen molar-refractivity contribution in [3.63, 3.8) is 0 Å². The monoisotopic (exact) mass is 778 g/mol. The van der Waals surface area contributed by atoms with Crippen LogP contribution in [0.15, 0.2) is 122 Å². The van der Waals surface area contributed by atoms with Crippen molar-refractivity contribution in [2.75, 3.05) is 0 Å². The normalized spacial score (nSPS) is 13.1. The molecule has 9 aromatic rings. The SMILES string of the molecule is CC(C)(C)c1ccc2oc3c(-c4cccc(-c5nnc(-c6cccc(-c7cc(C(C)(C)C)cc8c7oc7ccc(C(C)(C)C)cc78)c6)o5)c4)cc(C(C)(C)C)cc3c2c1. The summed E-state index contributed by atoms with van der Waals surface area (Å²) in [5, 5.41) is 13.7. The van der Waals surface area contributed by atoms with E-state index in [0.717, 1.165) is 77.3 Å². The molecule has 3 heterocycles. The van der Waals surface area contributed by atoms with Crippen LogP contribution in [0.25, 0.3) is 89.0 Å². The number of furan rings is 2. The minimum absolute atomic E-state index is 0.0238. The van der Waals surface area contributed by atoms with Crippen LogP contribution in [0.4, 0.5) is 0 Å². The lowest BCUT2D eigenvalue weighted by molar-refractivity contribution is 0.584. The van der Waals surface area contributed by atoms with Crippen LogP contribution in [0.1, 0.15) is 105 Å². The average molecular weight is 779 g/mol. The predicted octanol–water partition coefficient (Wildman–Crippen LogP) is 15.7. The summed E-state index contributed by atoms with van der Waals surface area (Å²) < 4.78 is 19.8. The van der Waals surface area contributed by atoms with Crippen molar-refractivity contribution in [1.29, 1.82) is 0 Å². The molecule has 0 aliphatic carbocycles. The van der Waals surface area contributed by atoms with E-state index in [0.29, 0.717) is 11.8 Å². The first-order valence-corrected chi connectivity index (χ1v) is 20.8. The molecule has 0 aliphatic rings. The molecule has 0 atom stereocenters. The van der Waals surface area contributed by atoms with Gasteiger partial charge in [-0.05, 0) is 128 Å². The van der Waals surface area contributed by atoms with Crippen LogP contribution in [-0.4, -0.2) is 10.2 Å². The van der Waals surface area contributed by atoms with E-state index in [1.807, 2.05) is 12.1 Å². The Balaban J connectivity index is 1.12. The van der Waals surface area contributed by atoms with E-state index in [-0.39, 0.29) is 21.7 Å². The molecule has 0 saturated heterocycles. The summed E-state index contributed by atoms with van der Waals surface area (Å²) in [5.74, 6) is 0.915. The maximum atomic E-state index is 6.66. The van der Waals surface area contributed by atoms with Gasteiger partial charge >= 0.3 is 0 Å².